The van der Waals surface area contributed by atoms with Crippen molar-refractivity contribution in [3.05, 3.63) is 72.8 Å². The Bertz CT molecular complexity index is 808. The third-order valence-electron chi connectivity index (χ3n) is 6.03. The number of benzene rings is 2. The molecule has 0 amide bonds. The Morgan fingerprint density at radius 3 is 2.00 bits per heavy atom. The summed E-state index contributed by atoms with van der Waals surface area (Å²) in [5, 5.41) is 1.77. The normalized spacial score (nSPS) is 19.4. The van der Waals surface area contributed by atoms with E-state index >= 15 is 0 Å². The van der Waals surface area contributed by atoms with E-state index in [1.807, 2.05) is 60.7 Å². The lowest BCUT2D eigenvalue weighted by Gasteiger charge is -2.41. The molecule has 1 atom stereocenters. The summed E-state index contributed by atoms with van der Waals surface area (Å²) >= 11 is 0. The summed E-state index contributed by atoms with van der Waals surface area (Å²) in [4.78, 5) is 23.6. The molecule has 0 fully saturated rings. The summed E-state index contributed by atoms with van der Waals surface area (Å²) in [5.74, 6) is -1.30. The third kappa shape index (κ3) is 4.37. The van der Waals surface area contributed by atoms with Gasteiger partial charge in [0.1, 0.15) is 0 Å². The minimum absolute atomic E-state index is 0.280. The van der Waals surface area contributed by atoms with Crippen LogP contribution in [0.3, 0.4) is 0 Å². The Labute approximate surface area is 174 Å². The van der Waals surface area contributed by atoms with Crippen LogP contribution in [0, 0.1) is 0 Å². The highest BCUT2D eigenvalue weighted by molar-refractivity contribution is 6.98. The van der Waals surface area contributed by atoms with Crippen LogP contribution in [0.1, 0.15) is 39.5 Å². The summed E-state index contributed by atoms with van der Waals surface area (Å²) in [6.07, 6.45) is 6.32. The highest BCUT2D eigenvalue weighted by Gasteiger charge is 2.49. The van der Waals surface area contributed by atoms with Crippen molar-refractivity contribution in [2.24, 2.45) is 0 Å². The molecule has 1 aliphatic heterocycles. The van der Waals surface area contributed by atoms with E-state index in [-0.39, 0.29) is 11.0 Å². The highest BCUT2D eigenvalue weighted by atomic mass is 28.4. The molecule has 5 heteroatoms. The van der Waals surface area contributed by atoms with Gasteiger partial charge in [0.15, 0.2) is 0 Å². The van der Waals surface area contributed by atoms with Crippen molar-refractivity contribution >= 4 is 24.7 Å². The number of carbonyl (C=O) groups is 1. The molecule has 29 heavy (non-hydrogen) atoms. The van der Waals surface area contributed by atoms with Crippen LogP contribution >= 0.6 is 0 Å². The molecule has 1 heterocycles. The maximum atomic E-state index is 12.2. The Kier molecular flexibility index (Phi) is 6.41. The van der Waals surface area contributed by atoms with E-state index in [1.165, 1.54) is 6.08 Å². The summed E-state index contributed by atoms with van der Waals surface area (Å²) in [6, 6.07) is 20.1. The van der Waals surface area contributed by atoms with Gasteiger partial charge in [-0.15, -0.1) is 0 Å². The van der Waals surface area contributed by atoms with Crippen molar-refractivity contribution in [1.82, 2.24) is 0 Å². The van der Waals surface area contributed by atoms with Crippen molar-refractivity contribution in [3.63, 3.8) is 0 Å². The molecule has 1 N–H and O–H groups in total. The van der Waals surface area contributed by atoms with E-state index in [0.717, 1.165) is 29.6 Å². The quantitative estimate of drug-likeness (QED) is 0.390. The Balaban J connectivity index is 1.76. The number of carbonyl (C=O) groups excluding carboxylic acids is 1. The van der Waals surface area contributed by atoms with E-state index in [0.29, 0.717) is 6.42 Å². The Hall–Kier alpha value is -2.21. The Morgan fingerprint density at radius 1 is 1.00 bits per heavy atom. The summed E-state index contributed by atoms with van der Waals surface area (Å²) < 4.78 is 10.8. The topological polar surface area (TPSA) is 55.8 Å². The van der Waals surface area contributed by atoms with Gasteiger partial charge in [-0.25, -0.2) is 4.79 Å². The van der Waals surface area contributed by atoms with Gasteiger partial charge in [0.05, 0.1) is 0 Å². The predicted molar refractivity (Wildman–Crippen MR) is 118 cm³/mol. The minimum Gasteiger partial charge on any atom is -0.426 e. The minimum atomic E-state index is -2.98. The number of esters is 1. The monoisotopic (exact) mass is 410 g/mol. The predicted octanol–water partition coefficient (Wildman–Crippen LogP) is 3.53. The van der Waals surface area contributed by atoms with Crippen molar-refractivity contribution in [2.75, 3.05) is 7.11 Å². The van der Waals surface area contributed by atoms with Crippen molar-refractivity contribution in [2.45, 2.75) is 50.4 Å². The van der Waals surface area contributed by atoms with Crippen LogP contribution in [0.25, 0.3) is 0 Å². The van der Waals surface area contributed by atoms with Crippen LogP contribution in [-0.2, 0) is 14.3 Å². The van der Waals surface area contributed by atoms with Crippen LogP contribution in [0.15, 0.2) is 72.8 Å². The molecule has 0 radical (unpaired) electrons. The second kappa shape index (κ2) is 8.65. The molecule has 0 spiro atoms. The lowest BCUT2D eigenvalue weighted by molar-refractivity contribution is -0.190. The van der Waals surface area contributed by atoms with Gasteiger partial charge in [-0.1, -0.05) is 80.9 Å². The van der Waals surface area contributed by atoms with Crippen molar-refractivity contribution in [1.29, 1.82) is 0 Å². The smallest absolute Gasteiger partial charge is 0.333 e. The summed E-state index contributed by atoms with van der Waals surface area (Å²) in [5.41, 5.74) is 0. The first-order valence-electron chi connectivity index (χ1n) is 10.1. The maximum Gasteiger partial charge on any atom is 0.333 e. The van der Waals surface area contributed by atoms with Crippen LogP contribution in [0.5, 0.6) is 0 Å². The molecule has 0 saturated carbocycles. The van der Waals surface area contributed by atoms with E-state index < -0.39 is 14.1 Å². The Morgan fingerprint density at radius 2 is 1.55 bits per heavy atom. The third-order valence-corrected chi connectivity index (χ3v) is 10.6. The zero-order valence-electron chi connectivity index (χ0n) is 17.4. The fourth-order valence-electron chi connectivity index (χ4n) is 4.21. The number of methoxy groups -OCH3 is 1. The number of unbranched alkanes of at least 4 members (excludes halogenated alkanes) is 1. The lowest BCUT2D eigenvalue weighted by Crippen LogP contribution is -2.65. The first-order chi connectivity index (χ1) is 13.8. The van der Waals surface area contributed by atoms with Crippen LogP contribution in [-0.4, -0.2) is 32.0 Å². The molecule has 4 nitrogen and oxygen atoms in total. The van der Waals surface area contributed by atoms with E-state index in [1.54, 1.807) is 13.2 Å². The number of hydrogen-bond donors (Lipinski definition) is 1. The standard InChI is InChI=1S/C24H30O4Si/c1-23(2,17-10-11-18-24(27-3)19-16-22(25)28-24)29(26,20-12-6-4-7-13-20)21-14-8-5-9-15-21/h4-9,12-16,19,26H,10-11,17-18H2,1-3H3. The number of ether oxygens (including phenoxy) is 2. The molecule has 3 rings (SSSR count). The van der Waals surface area contributed by atoms with E-state index in [2.05, 4.69) is 13.8 Å². The molecule has 0 aliphatic carbocycles. The molecule has 154 valence electrons. The van der Waals surface area contributed by atoms with Crippen molar-refractivity contribution < 1.29 is 19.1 Å². The molecule has 2 aromatic carbocycles. The van der Waals surface area contributed by atoms with Crippen LogP contribution in [0.2, 0.25) is 5.04 Å². The molecule has 0 aromatic heterocycles. The van der Waals surface area contributed by atoms with Crippen LogP contribution in [0.4, 0.5) is 0 Å². The van der Waals surface area contributed by atoms with Gasteiger partial charge in [0, 0.05) is 19.6 Å². The molecular formula is C24H30O4Si. The van der Waals surface area contributed by atoms with Gasteiger partial charge in [-0.2, -0.15) is 0 Å². The summed E-state index contributed by atoms with van der Waals surface area (Å²) in [7, 11) is -1.42. The SMILES string of the molecule is COC1(CCCCC(C)(C)[Si](O)(c2ccccc2)c2ccccc2)C=CC(=O)O1. The largest absolute Gasteiger partial charge is 0.426 e. The average molecular weight is 411 g/mol. The maximum absolute atomic E-state index is 12.2. The number of rotatable bonds is 9. The molecule has 0 bridgehead atoms. The van der Waals surface area contributed by atoms with Gasteiger partial charge in [-0.3, -0.25) is 0 Å². The van der Waals surface area contributed by atoms with Gasteiger partial charge < -0.3 is 14.3 Å². The first-order valence-corrected chi connectivity index (χ1v) is 12.1. The zero-order valence-corrected chi connectivity index (χ0v) is 18.4. The molecule has 0 saturated heterocycles. The molecule has 1 unspecified atom stereocenters. The van der Waals surface area contributed by atoms with Crippen LogP contribution < -0.4 is 10.4 Å². The van der Waals surface area contributed by atoms with E-state index in [9.17, 15) is 9.59 Å². The fraction of sp³-hybridized carbons (Fsp3) is 0.375. The van der Waals surface area contributed by atoms with E-state index in [4.69, 9.17) is 9.47 Å². The molecule has 1 aliphatic rings. The second-order valence-corrected chi connectivity index (χ2v) is 12.2. The lowest BCUT2D eigenvalue weighted by atomic mass is 10.0. The zero-order chi connectivity index (χ0) is 21.0. The number of hydrogen-bond acceptors (Lipinski definition) is 4. The highest BCUT2D eigenvalue weighted by Crippen LogP contribution is 2.41. The van der Waals surface area contributed by atoms with Gasteiger partial charge in [0.2, 0.25) is 5.79 Å². The van der Waals surface area contributed by atoms with Crippen molar-refractivity contribution in [3.8, 4) is 0 Å². The van der Waals surface area contributed by atoms with Gasteiger partial charge in [0.25, 0.3) is 8.32 Å². The molecule has 2 aromatic rings. The molecular weight excluding hydrogens is 380 g/mol. The second-order valence-electron chi connectivity index (χ2n) is 8.30. The summed E-state index contributed by atoms with van der Waals surface area (Å²) in [6.45, 7) is 4.33. The fourth-order valence-corrected chi connectivity index (χ4v) is 7.99. The van der Waals surface area contributed by atoms with Gasteiger partial charge >= 0.3 is 5.97 Å². The average Bonchev–Trinajstić information content (AvgIpc) is 3.13. The van der Waals surface area contributed by atoms with Gasteiger partial charge in [-0.05, 0) is 34.3 Å². The number of cyclic esters (lactones) is 1. The first kappa shape index (κ1) is 21.5.